The van der Waals surface area contributed by atoms with E-state index in [2.05, 4.69) is 22.4 Å². The first-order chi connectivity index (χ1) is 6.66. The van der Waals surface area contributed by atoms with E-state index in [1.807, 2.05) is 0 Å². The maximum Gasteiger partial charge on any atom is 0.433 e. The van der Waals surface area contributed by atoms with Crippen molar-refractivity contribution in [3.8, 4) is 0 Å². The summed E-state index contributed by atoms with van der Waals surface area (Å²) in [5, 5.41) is 17.3. The Hall–Kier alpha value is -1.83. The third-order valence-electron chi connectivity index (χ3n) is 1.49. The van der Waals surface area contributed by atoms with Gasteiger partial charge in [-0.3, -0.25) is 10.1 Å². The van der Waals surface area contributed by atoms with Crippen molar-refractivity contribution in [2.75, 3.05) is 0 Å². The second-order valence-corrected chi connectivity index (χ2v) is 2.73. The van der Waals surface area contributed by atoms with Crippen LogP contribution in [-0.4, -0.2) is 10.1 Å². The first-order valence-electron chi connectivity index (χ1n) is 3.52. The number of thiocarbonyl (C=S) groups is 1. The largest absolute Gasteiger partial charge is 0.433 e. The van der Waals surface area contributed by atoms with Gasteiger partial charge in [0.1, 0.15) is 4.92 Å². The summed E-state index contributed by atoms with van der Waals surface area (Å²) in [6, 6.07) is 2.62. The van der Waals surface area contributed by atoms with Gasteiger partial charge in [0.05, 0.1) is 6.07 Å². The van der Waals surface area contributed by atoms with Crippen LogP contribution in [-0.2, 0) is 4.74 Å². The number of ether oxygens (including phenoxy) is 1. The SMILES string of the molecule is O=[N+]([O-])c1ccc(C2N=NC(=S)O2)o1. The van der Waals surface area contributed by atoms with Crippen molar-refractivity contribution >= 4 is 23.3 Å². The van der Waals surface area contributed by atoms with Gasteiger partial charge in [-0.25, -0.2) is 0 Å². The maximum absolute atomic E-state index is 10.3. The quantitative estimate of drug-likeness (QED) is 0.425. The van der Waals surface area contributed by atoms with Crippen LogP contribution in [0.15, 0.2) is 26.8 Å². The van der Waals surface area contributed by atoms with Crippen molar-refractivity contribution in [1.29, 1.82) is 0 Å². The number of hydrogen-bond donors (Lipinski definition) is 0. The van der Waals surface area contributed by atoms with Crippen LogP contribution in [0, 0.1) is 10.1 Å². The Labute approximate surface area is 82.5 Å². The second-order valence-electron chi connectivity index (χ2n) is 2.38. The van der Waals surface area contributed by atoms with E-state index in [-0.39, 0.29) is 16.8 Å². The van der Waals surface area contributed by atoms with Gasteiger partial charge in [-0.05, 0) is 18.3 Å². The lowest BCUT2D eigenvalue weighted by Crippen LogP contribution is -1.96. The van der Waals surface area contributed by atoms with Crippen LogP contribution < -0.4 is 0 Å². The number of furan rings is 1. The molecule has 1 aromatic heterocycles. The number of rotatable bonds is 2. The zero-order valence-electron chi connectivity index (χ0n) is 6.61. The molecule has 0 saturated carbocycles. The summed E-state index contributed by atoms with van der Waals surface area (Å²) >= 11 is 4.60. The summed E-state index contributed by atoms with van der Waals surface area (Å²) in [7, 11) is 0. The molecule has 0 fully saturated rings. The van der Waals surface area contributed by atoms with E-state index in [0.717, 1.165) is 0 Å². The smallest absolute Gasteiger partial charge is 0.433 e. The van der Waals surface area contributed by atoms with Gasteiger partial charge in [0.15, 0.2) is 5.76 Å². The number of nitro groups is 1. The molecule has 0 saturated heterocycles. The van der Waals surface area contributed by atoms with E-state index in [1.165, 1.54) is 12.1 Å². The van der Waals surface area contributed by atoms with Crippen LogP contribution in [0.2, 0.25) is 0 Å². The van der Waals surface area contributed by atoms with Crippen LogP contribution in [0.5, 0.6) is 0 Å². The lowest BCUT2D eigenvalue weighted by molar-refractivity contribution is -0.402. The van der Waals surface area contributed by atoms with E-state index in [1.54, 1.807) is 0 Å². The van der Waals surface area contributed by atoms with Gasteiger partial charge in [0.25, 0.3) is 6.23 Å². The molecule has 72 valence electrons. The lowest BCUT2D eigenvalue weighted by Gasteiger charge is -1.99. The fourth-order valence-electron chi connectivity index (χ4n) is 0.930. The third kappa shape index (κ3) is 1.46. The summed E-state index contributed by atoms with van der Waals surface area (Å²) in [4.78, 5) is 9.64. The Morgan fingerprint density at radius 1 is 1.57 bits per heavy atom. The summed E-state index contributed by atoms with van der Waals surface area (Å²) in [5.74, 6) is -0.156. The third-order valence-corrected chi connectivity index (χ3v) is 1.67. The molecule has 0 spiro atoms. The van der Waals surface area contributed by atoms with Crippen molar-refractivity contribution in [2.45, 2.75) is 6.23 Å². The van der Waals surface area contributed by atoms with Crippen molar-refractivity contribution in [1.82, 2.24) is 0 Å². The van der Waals surface area contributed by atoms with Gasteiger partial charge in [0.2, 0.25) is 0 Å². The molecular weight excluding hydrogens is 210 g/mol. The molecule has 8 heteroatoms. The van der Waals surface area contributed by atoms with E-state index in [4.69, 9.17) is 9.15 Å². The predicted octanol–water partition coefficient (Wildman–Crippen LogP) is 1.95. The Balaban J connectivity index is 2.22. The summed E-state index contributed by atoms with van der Waals surface area (Å²) in [6.07, 6.45) is -0.795. The molecule has 7 nitrogen and oxygen atoms in total. The monoisotopic (exact) mass is 213 g/mol. The molecule has 0 bridgehead atoms. The predicted molar refractivity (Wildman–Crippen MR) is 46.6 cm³/mol. The number of nitrogens with zero attached hydrogens (tertiary/aromatic N) is 3. The van der Waals surface area contributed by atoms with Gasteiger partial charge in [-0.1, -0.05) is 0 Å². The lowest BCUT2D eigenvalue weighted by atomic mass is 10.4. The molecule has 1 aliphatic rings. The molecule has 0 radical (unpaired) electrons. The molecule has 14 heavy (non-hydrogen) atoms. The van der Waals surface area contributed by atoms with Gasteiger partial charge >= 0.3 is 11.1 Å². The fourth-order valence-corrected chi connectivity index (χ4v) is 1.07. The Morgan fingerprint density at radius 2 is 2.36 bits per heavy atom. The maximum atomic E-state index is 10.3. The molecule has 1 aliphatic heterocycles. The van der Waals surface area contributed by atoms with Gasteiger partial charge in [-0.2, -0.15) is 0 Å². The number of hydrogen-bond acceptors (Lipinski definition) is 6. The van der Waals surface area contributed by atoms with E-state index in [9.17, 15) is 10.1 Å². The first-order valence-corrected chi connectivity index (χ1v) is 3.93. The summed E-state index contributed by atoms with van der Waals surface area (Å²) in [5.41, 5.74) is 0. The molecule has 1 atom stereocenters. The minimum atomic E-state index is -0.795. The average molecular weight is 213 g/mol. The topological polar surface area (TPSA) is 90.2 Å². The van der Waals surface area contributed by atoms with Crippen LogP contribution in [0.4, 0.5) is 5.88 Å². The van der Waals surface area contributed by atoms with Crippen molar-refractivity contribution in [3.63, 3.8) is 0 Å². The van der Waals surface area contributed by atoms with Gasteiger partial charge in [0, 0.05) is 0 Å². The molecule has 0 N–H and O–H groups in total. The molecule has 0 aliphatic carbocycles. The Morgan fingerprint density at radius 3 is 2.86 bits per heavy atom. The van der Waals surface area contributed by atoms with Crippen LogP contribution >= 0.6 is 12.2 Å². The highest BCUT2D eigenvalue weighted by Gasteiger charge is 2.25. The zero-order valence-corrected chi connectivity index (χ0v) is 7.43. The van der Waals surface area contributed by atoms with E-state index < -0.39 is 11.2 Å². The second kappa shape index (κ2) is 3.14. The van der Waals surface area contributed by atoms with Crippen molar-refractivity contribution < 1.29 is 14.1 Å². The standard InChI is InChI=1S/C6H3N3O4S/c10-9(11)4-2-1-3(12-4)5-7-8-6(14)13-5/h1-2,5H. The minimum absolute atomic E-state index is 0.00551. The Bertz CT molecular complexity index is 426. The van der Waals surface area contributed by atoms with E-state index in [0.29, 0.717) is 0 Å². The molecule has 2 heterocycles. The highest BCUT2D eigenvalue weighted by atomic mass is 32.1. The Kier molecular flexibility index (Phi) is 1.97. The molecule has 0 aromatic carbocycles. The average Bonchev–Trinajstić information content (AvgIpc) is 2.70. The van der Waals surface area contributed by atoms with Crippen LogP contribution in [0.3, 0.4) is 0 Å². The molecule has 2 rings (SSSR count). The molecule has 1 unspecified atom stereocenters. The van der Waals surface area contributed by atoms with Gasteiger partial charge < -0.3 is 9.15 Å². The highest BCUT2D eigenvalue weighted by molar-refractivity contribution is 7.80. The normalized spacial score (nSPS) is 19.7. The molecular formula is C6H3N3O4S. The zero-order chi connectivity index (χ0) is 10.1. The van der Waals surface area contributed by atoms with Crippen molar-refractivity contribution in [3.05, 3.63) is 28.0 Å². The van der Waals surface area contributed by atoms with Gasteiger partial charge in [-0.15, -0.1) is 10.2 Å². The van der Waals surface area contributed by atoms with Crippen LogP contribution in [0.1, 0.15) is 12.0 Å². The number of azo groups is 1. The summed E-state index contributed by atoms with van der Waals surface area (Å²) in [6.45, 7) is 0. The van der Waals surface area contributed by atoms with Crippen LogP contribution in [0.25, 0.3) is 0 Å². The molecule has 0 amide bonds. The summed E-state index contributed by atoms with van der Waals surface area (Å²) < 4.78 is 9.76. The van der Waals surface area contributed by atoms with E-state index >= 15 is 0 Å². The fraction of sp³-hybridized carbons (Fsp3) is 0.167. The minimum Gasteiger partial charge on any atom is -0.433 e. The molecule has 1 aromatic rings. The first kappa shape index (κ1) is 8.75. The highest BCUT2D eigenvalue weighted by Crippen LogP contribution is 2.28. The van der Waals surface area contributed by atoms with Crippen molar-refractivity contribution in [2.24, 2.45) is 10.2 Å².